The van der Waals surface area contributed by atoms with Crippen LogP contribution in [0.15, 0.2) is 30.3 Å². The van der Waals surface area contributed by atoms with Gasteiger partial charge in [0.2, 0.25) is 5.91 Å². The van der Waals surface area contributed by atoms with Gasteiger partial charge in [-0.1, -0.05) is 30.3 Å². The third-order valence-corrected chi connectivity index (χ3v) is 2.30. The second-order valence-corrected chi connectivity index (χ2v) is 3.74. The first-order chi connectivity index (χ1) is 8.59. The predicted octanol–water partition coefficient (Wildman–Crippen LogP) is 0.288. The van der Waals surface area contributed by atoms with Gasteiger partial charge in [-0.3, -0.25) is 4.79 Å². The highest BCUT2D eigenvalue weighted by Crippen LogP contribution is 2.12. The SMILES string of the molecule is NC(=O)OCCNC(=O)CC(N)c1ccccc1. The fourth-order valence-electron chi connectivity index (χ4n) is 1.43. The monoisotopic (exact) mass is 251 g/mol. The quantitative estimate of drug-likeness (QED) is 0.631. The molecule has 18 heavy (non-hydrogen) atoms. The van der Waals surface area contributed by atoms with Gasteiger partial charge in [0, 0.05) is 12.5 Å². The van der Waals surface area contributed by atoms with E-state index in [2.05, 4.69) is 10.1 Å². The second-order valence-electron chi connectivity index (χ2n) is 3.74. The standard InChI is InChI=1S/C12H17N3O3/c13-10(9-4-2-1-3-5-9)8-11(16)15-6-7-18-12(14)17/h1-5,10H,6-8,13H2,(H2,14,17)(H,15,16). The predicted molar refractivity (Wildman–Crippen MR) is 66.5 cm³/mol. The highest BCUT2D eigenvalue weighted by molar-refractivity contribution is 5.76. The van der Waals surface area contributed by atoms with E-state index in [1.165, 1.54) is 0 Å². The molecule has 6 heteroatoms. The Hall–Kier alpha value is -2.08. The molecule has 0 aliphatic carbocycles. The Morgan fingerprint density at radius 2 is 1.94 bits per heavy atom. The maximum Gasteiger partial charge on any atom is 0.404 e. The molecular weight excluding hydrogens is 234 g/mol. The molecule has 5 N–H and O–H groups in total. The molecule has 0 saturated heterocycles. The van der Waals surface area contributed by atoms with Crippen molar-refractivity contribution in [3.05, 3.63) is 35.9 Å². The van der Waals surface area contributed by atoms with Gasteiger partial charge in [0.25, 0.3) is 0 Å². The zero-order valence-corrected chi connectivity index (χ0v) is 9.96. The number of carbonyl (C=O) groups is 2. The number of primary amides is 1. The summed E-state index contributed by atoms with van der Waals surface area (Å²) in [5, 5.41) is 2.59. The molecule has 98 valence electrons. The second kappa shape index (κ2) is 7.29. The minimum Gasteiger partial charge on any atom is -0.448 e. The van der Waals surface area contributed by atoms with Crippen LogP contribution in [0.1, 0.15) is 18.0 Å². The molecule has 0 aliphatic heterocycles. The molecule has 0 saturated carbocycles. The number of hydrogen-bond donors (Lipinski definition) is 3. The summed E-state index contributed by atoms with van der Waals surface area (Å²) in [6.45, 7) is 0.283. The number of nitrogens with two attached hydrogens (primary N) is 2. The summed E-state index contributed by atoms with van der Waals surface area (Å²) in [5.74, 6) is -0.195. The molecule has 0 bridgehead atoms. The summed E-state index contributed by atoms with van der Waals surface area (Å²) < 4.78 is 4.47. The van der Waals surface area contributed by atoms with Crippen LogP contribution in [0.3, 0.4) is 0 Å². The van der Waals surface area contributed by atoms with E-state index in [1.54, 1.807) is 0 Å². The lowest BCUT2D eigenvalue weighted by Gasteiger charge is -2.11. The van der Waals surface area contributed by atoms with Crippen LogP contribution in [0.2, 0.25) is 0 Å². The number of ether oxygens (including phenoxy) is 1. The van der Waals surface area contributed by atoms with Crippen molar-refractivity contribution in [3.63, 3.8) is 0 Å². The van der Waals surface area contributed by atoms with E-state index in [4.69, 9.17) is 11.5 Å². The first kappa shape index (κ1) is 14.0. The maximum absolute atomic E-state index is 11.5. The lowest BCUT2D eigenvalue weighted by molar-refractivity contribution is -0.121. The normalized spacial score (nSPS) is 11.6. The van der Waals surface area contributed by atoms with Crippen molar-refractivity contribution in [2.45, 2.75) is 12.5 Å². The highest BCUT2D eigenvalue weighted by atomic mass is 16.5. The van der Waals surface area contributed by atoms with Crippen molar-refractivity contribution in [1.29, 1.82) is 0 Å². The van der Waals surface area contributed by atoms with Crippen LogP contribution in [-0.2, 0) is 9.53 Å². The Morgan fingerprint density at radius 3 is 2.56 bits per heavy atom. The van der Waals surface area contributed by atoms with Gasteiger partial charge in [-0.2, -0.15) is 0 Å². The van der Waals surface area contributed by atoms with E-state index < -0.39 is 6.09 Å². The van der Waals surface area contributed by atoms with Crippen LogP contribution in [0.4, 0.5) is 4.79 Å². The van der Waals surface area contributed by atoms with Crippen LogP contribution in [0.5, 0.6) is 0 Å². The van der Waals surface area contributed by atoms with Gasteiger partial charge in [0.1, 0.15) is 6.61 Å². The van der Waals surface area contributed by atoms with Crippen molar-refractivity contribution >= 4 is 12.0 Å². The van der Waals surface area contributed by atoms with E-state index in [-0.39, 0.29) is 31.5 Å². The van der Waals surface area contributed by atoms with Crippen molar-refractivity contribution in [1.82, 2.24) is 5.32 Å². The summed E-state index contributed by atoms with van der Waals surface area (Å²) >= 11 is 0. The first-order valence-electron chi connectivity index (χ1n) is 5.59. The Kier molecular flexibility index (Phi) is 5.66. The largest absolute Gasteiger partial charge is 0.448 e. The number of nitrogens with one attached hydrogen (secondary N) is 1. The highest BCUT2D eigenvalue weighted by Gasteiger charge is 2.10. The third kappa shape index (κ3) is 5.31. The van der Waals surface area contributed by atoms with Crippen molar-refractivity contribution < 1.29 is 14.3 Å². The molecule has 1 rings (SSSR count). The molecule has 2 amide bonds. The summed E-state index contributed by atoms with van der Waals surface area (Å²) in [6.07, 6.45) is -0.675. The zero-order chi connectivity index (χ0) is 13.4. The smallest absolute Gasteiger partial charge is 0.404 e. The van der Waals surface area contributed by atoms with Gasteiger partial charge in [-0.25, -0.2) is 4.79 Å². The number of hydrogen-bond acceptors (Lipinski definition) is 4. The Bertz CT molecular complexity index is 395. The van der Waals surface area contributed by atoms with E-state index in [0.29, 0.717) is 0 Å². The molecule has 1 atom stereocenters. The minimum atomic E-state index is -0.856. The third-order valence-electron chi connectivity index (χ3n) is 2.30. The summed E-state index contributed by atoms with van der Waals surface area (Å²) in [5.41, 5.74) is 11.6. The molecule has 0 fully saturated rings. The van der Waals surface area contributed by atoms with Gasteiger partial charge in [0.05, 0.1) is 6.54 Å². The fraction of sp³-hybridized carbons (Fsp3) is 0.333. The Morgan fingerprint density at radius 1 is 1.28 bits per heavy atom. The van der Waals surface area contributed by atoms with Crippen LogP contribution in [0, 0.1) is 0 Å². The van der Waals surface area contributed by atoms with Crippen LogP contribution < -0.4 is 16.8 Å². The van der Waals surface area contributed by atoms with E-state index in [9.17, 15) is 9.59 Å². The van der Waals surface area contributed by atoms with Gasteiger partial charge < -0.3 is 21.5 Å². The molecule has 0 aliphatic rings. The van der Waals surface area contributed by atoms with Crippen molar-refractivity contribution in [2.24, 2.45) is 11.5 Å². The summed E-state index contributed by atoms with van der Waals surface area (Å²) in [4.78, 5) is 21.8. The van der Waals surface area contributed by atoms with Crippen LogP contribution in [-0.4, -0.2) is 25.2 Å². The number of benzene rings is 1. The van der Waals surface area contributed by atoms with Crippen molar-refractivity contribution in [3.8, 4) is 0 Å². The molecule has 1 unspecified atom stereocenters. The topological polar surface area (TPSA) is 107 Å². The average molecular weight is 251 g/mol. The molecule has 1 aromatic carbocycles. The van der Waals surface area contributed by atoms with Gasteiger partial charge in [-0.15, -0.1) is 0 Å². The Labute approximate surface area is 105 Å². The molecule has 0 spiro atoms. The van der Waals surface area contributed by atoms with Crippen LogP contribution >= 0.6 is 0 Å². The molecule has 0 heterocycles. The molecular formula is C12H17N3O3. The average Bonchev–Trinajstić information content (AvgIpc) is 2.35. The molecule has 0 aromatic heterocycles. The lowest BCUT2D eigenvalue weighted by atomic mass is 10.0. The summed E-state index contributed by atoms with van der Waals surface area (Å²) in [6, 6.07) is 9.02. The van der Waals surface area contributed by atoms with Gasteiger partial charge >= 0.3 is 6.09 Å². The number of amides is 2. The fourth-order valence-corrected chi connectivity index (χ4v) is 1.43. The Balaban J connectivity index is 2.26. The maximum atomic E-state index is 11.5. The van der Waals surface area contributed by atoms with E-state index in [0.717, 1.165) is 5.56 Å². The van der Waals surface area contributed by atoms with E-state index >= 15 is 0 Å². The molecule has 0 radical (unpaired) electrons. The van der Waals surface area contributed by atoms with Gasteiger partial charge in [0.15, 0.2) is 0 Å². The van der Waals surface area contributed by atoms with E-state index in [1.807, 2.05) is 30.3 Å². The number of rotatable bonds is 6. The minimum absolute atomic E-state index is 0.0572. The number of carbonyl (C=O) groups excluding carboxylic acids is 2. The molecule has 1 aromatic rings. The molecule has 6 nitrogen and oxygen atoms in total. The van der Waals surface area contributed by atoms with Crippen LogP contribution in [0.25, 0.3) is 0 Å². The zero-order valence-electron chi connectivity index (χ0n) is 9.96. The van der Waals surface area contributed by atoms with Crippen molar-refractivity contribution in [2.75, 3.05) is 13.2 Å². The summed E-state index contributed by atoms with van der Waals surface area (Å²) in [7, 11) is 0. The first-order valence-corrected chi connectivity index (χ1v) is 5.59. The van der Waals surface area contributed by atoms with Gasteiger partial charge in [-0.05, 0) is 5.56 Å². The lowest BCUT2D eigenvalue weighted by Crippen LogP contribution is -2.31.